The number of rotatable bonds is 8. The summed E-state index contributed by atoms with van der Waals surface area (Å²) in [6.45, 7) is 9.83. The van der Waals surface area contributed by atoms with Crippen LogP contribution < -0.4 is 26.0 Å². The van der Waals surface area contributed by atoms with Crippen LogP contribution in [0.5, 0.6) is 11.5 Å². The van der Waals surface area contributed by atoms with Gasteiger partial charge in [0.2, 0.25) is 6.71 Å². The van der Waals surface area contributed by atoms with Gasteiger partial charge in [-0.2, -0.15) is 0 Å². The lowest BCUT2D eigenvalue weighted by Gasteiger charge is -2.42. The molecule has 5 heterocycles. The van der Waals surface area contributed by atoms with E-state index in [0.717, 1.165) is 61.2 Å². The molecule has 0 N–H and O–H groups in total. The monoisotopic (exact) mass is 1280 g/mol. The Balaban J connectivity index is 0.995. The summed E-state index contributed by atoms with van der Waals surface area (Å²) in [5.41, 5.74) is 12.4. The molecule has 0 atom stereocenters. The van der Waals surface area contributed by atoms with E-state index < -0.39 is 114 Å². The second kappa shape index (κ2) is 21.9. The molecule has 19 rings (SSSR count). The van der Waals surface area contributed by atoms with Gasteiger partial charge in [0.05, 0.1) is 52.4 Å². The van der Waals surface area contributed by atoms with Crippen LogP contribution in [0.3, 0.4) is 0 Å². The number of hydrogen-bond donors (Lipinski definition) is 0. The zero-order valence-electron chi connectivity index (χ0n) is 71.3. The Bertz CT molecular complexity index is 6800. The van der Waals surface area contributed by atoms with Gasteiger partial charge >= 0.3 is 0 Å². The number of ether oxygens (including phenoxy) is 1. The topological polar surface area (TPSA) is 22.3 Å². The SMILES string of the molecule is [2H]c1c2c3c(c([2H])c1-c1ccc4c(c1)Oc1ccccc1C4(C)C)N(c1c(-c4cccc(-c5ccccc5)c4)cc(C(C)(C)C)cc1-c1cccc(-c4ccccc4)c1)c1cc(-n4c5c([2H])c([2H])c([2H])c([2H])c5c5c([2H])c([2H])c([2H])c([2H])c54)ccc1B3c1ccc(-n3c4c([2H])c([2H])c([2H])c([2H])c4c4c([2H])c([2H])c([2H])c([2H])c43)cc1S2. The average molecular weight is 1280 g/mol. The molecule has 0 saturated heterocycles. The molecular weight excluding hydrogens is 1190 g/mol. The van der Waals surface area contributed by atoms with Crippen LogP contribution in [0.2, 0.25) is 0 Å². The Morgan fingerprint density at radius 3 is 1.45 bits per heavy atom. The summed E-state index contributed by atoms with van der Waals surface area (Å²) in [7, 11) is 0. The molecule has 0 aliphatic carbocycles. The molecule has 0 spiro atoms. The number of aromatic nitrogens is 2. The fraction of sp³-hybridized carbons (Fsp3) is 0.0769. The van der Waals surface area contributed by atoms with Crippen LogP contribution in [-0.2, 0) is 10.8 Å². The molecule has 16 aromatic rings. The summed E-state index contributed by atoms with van der Waals surface area (Å²) in [5.74, 6) is 1.16. The van der Waals surface area contributed by atoms with Gasteiger partial charge in [-0.05, 0) is 163 Å². The third kappa shape index (κ3) is 9.07. The first-order chi connectivity index (χ1) is 55.0. The zero-order valence-corrected chi connectivity index (χ0v) is 54.1. The molecule has 0 fully saturated rings. The molecule has 3 aliphatic rings. The molecule has 97 heavy (non-hydrogen) atoms. The summed E-state index contributed by atoms with van der Waals surface area (Å²) in [4.78, 5) is 3.06. The van der Waals surface area contributed by atoms with Gasteiger partial charge in [0.1, 0.15) is 11.5 Å². The fourth-order valence-electron chi connectivity index (χ4n) is 14.9. The van der Waals surface area contributed by atoms with Gasteiger partial charge in [0.25, 0.3) is 0 Å². The van der Waals surface area contributed by atoms with Crippen LogP contribution in [0.1, 0.15) is 76.0 Å². The third-order valence-electron chi connectivity index (χ3n) is 19.6. The number of fused-ring (bicyclic) bond motifs is 12. The first-order valence-corrected chi connectivity index (χ1v) is 33.2. The third-order valence-corrected chi connectivity index (χ3v) is 20.7. The van der Waals surface area contributed by atoms with Gasteiger partial charge in [-0.15, -0.1) is 0 Å². The Labute approximate surface area is 595 Å². The van der Waals surface area contributed by atoms with Crippen LogP contribution in [0.15, 0.2) is 319 Å². The molecule has 0 unspecified atom stereocenters. The Kier molecular flexibility index (Phi) is 9.36. The maximum Gasteiger partial charge on any atom is 0.249 e. The van der Waals surface area contributed by atoms with E-state index in [1.54, 1.807) is 12.1 Å². The minimum absolute atomic E-state index is 0.0199. The molecule has 2 aromatic heterocycles. The van der Waals surface area contributed by atoms with Crippen LogP contribution in [0.4, 0.5) is 17.1 Å². The predicted octanol–water partition coefficient (Wildman–Crippen LogP) is 22.7. The highest BCUT2D eigenvalue weighted by atomic mass is 32.2. The molecule has 0 bridgehead atoms. The lowest BCUT2D eigenvalue weighted by molar-refractivity contribution is 0.418. The Hall–Kier alpha value is -11.3. The number of nitrogens with zero attached hydrogens (tertiary/aromatic N) is 3. The number of anilines is 3. The lowest BCUT2D eigenvalue weighted by Crippen LogP contribution is -2.60. The highest BCUT2D eigenvalue weighted by Gasteiger charge is 2.44. The summed E-state index contributed by atoms with van der Waals surface area (Å²) < 4.78 is 182. The van der Waals surface area contributed by atoms with E-state index in [-0.39, 0.29) is 72.6 Å². The van der Waals surface area contributed by atoms with E-state index in [9.17, 15) is 16.4 Å². The molecule has 3 aliphatic heterocycles. The lowest BCUT2D eigenvalue weighted by atomic mass is 9.34. The molecule has 0 amide bonds. The fourth-order valence-corrected chi connectivity index (χ4v) is 16.1. The van der Waals surface area contributed by atoms with Crippen molar-refractivity contribution in [2.24, 2.45) is 0 Å². The molecule has 460 valence electrons. The van der Waals surface area contributed by atoms with E-state index in [2.05, 4.69) is 112 Å². The molecule has 0 saturated carbocycles. The highest BCUT2D eigenvalue weighted by Crippen LogP contribution is 2.54. The molecule has 14 aromatic carbocycles. The molecular formula is C91H66BN3OS. The minimum atomic E-state index is -0.925. The first-order valence-electron chi connectivity index (χ1n) is 41.4. The smallest absolute Gasteiger partial charge is 0.249 e. The summed E-state index contributed by atoms with van der Waals surface area (Å²) in [6.07, 6.45) is 0. The van der Waals surface area contributed by atoms with E-state index in [4.69, 9.17) is 13.0 Å². The van der Waals surface area contributed by atoms with Crippen molar-refractivity contribution in [1.82, 2.24) is 9.13 Å². The van der Waals surface area contributed by atoms with Crippen molar-refractivity contribution in [1.29, 1.82) is 0 Å². The van der Waals surface area contributed by atoms with Crippen LogP contribution in [-0.4, -0.2) is 15.8 Å². The minimum Gasteiger partial charge on any atom is -0.457 e. The summed E-state index contributed by atoms with van der Waals surface area (Å²) >= 11 is 1.26. The van der Waals surface area contributed by atoms with Gasteiger partial charge < -0.3 is 18.8 Å². The van der Waals surface area contributed by atoms with Crippen molar-refractivity contribution in [3.05, 3.63) is 326 Å². The maximum atomic E-state index is 11.6. The predicted molar refractivity (Wildman–Crippen MR) is 410 cm³/mol. The molecule has 6 heteroatoms. The number of hydrogen-bond acceptors (Lipinski definition) is 3. The van der Waals surface area contributed by atoms with Crippen molar-refractivity contribution in [2.75, 3.05) is 4.90 Å². The highest BCUT2D eigenvalue weighted by molar-refractivity contribution is 8.00. The normalized spacial score (nSPS) is 16.1. The van der Waals surface area contributed by atoms with Gasteiger partial charge in [0, 0.05) is 81.8 Å². The van der Waals surface area contributed by atoms with Gasteiger partial charge in [0.15, 0.2) is 0 Å². The van der Waals surface area contributed by atoms with E-state index in [0.29, 0.717) is 60.3 Å². The van der Waals surface area contributed by atoms with Crippen molar-refractivity contribution in [2.45, 2.75) is 55.2 Å². The second-order valence-corrected chi connectivity index (χ2v) is 27.7. The first kappa shape index (κ1) is 41.5. The van der Waals surface area contributed by atoms with Crippen molar-refractivity contribution < 1.29 is 29.4 Å². The van der Waals surface area contributed by atoms with Crippen molar-refractivity contribution in [3.63, 3.8) is 0 Å². The van der Waals surface area contributed by atoms with Crippen LogP contribution in [0.25, 0.3) is 111 Å². The zero-order chi connectivity index (χ0) is 80.5. The number of para-hydroxylation sites is 5. The van der Waals surface area contributed by atoms with E-state index in [1.807, 2.05) is 115 Å². The summed E-state index contributed by atoms with van der Waals surface area (Å²) in [5, 5.41) is -0.451. The summed E-state index contributed by atoms with van der Waals surface area (Å²) in [6, 6.07) is 57.0. The average Bonchev–Trinajstić information content (AvgIpc) is 1.35. The van der Waals surface area contributed by atoms with Gasteiger partial charge in [-0.3, -0.25) is 0 Å². The largest absolute Gasteiger partial charge is 0.457 e. The van der Waals surface area contributed by atoms with Crippen molar-refractivity contribution >= 4 is 95.5 Å². The molecule has 4 nitrogen and oxygen atoms in total. The van der Waals surface area contributed by atoms with E-state index >= 15 is 0 Å². The standard InChI is InChI=1S/C91H66BN3OS/c1-90(2,3)65-53-72(62-30-22-28-59(48-62)57-24-8-6-9-25-57)89(73(54-65)63-31-23-29-60(49-63)58-26-10-7-11-27-58)95-82-55-66(93-78-37-17-12-32-68(78)69-33-13-18-38-79(69)93)43-46-76(82)92-77-47-44-67(94-80-39-19-14-34-70(80)71-35-15-20-40-81(71)94)56-86(77)97-87-52-64(50-83(95)88(87)92)61-42-45-75-85(51-61)96-84-41-21-16-36-74(84)91(75,4)5/h6-56H,1-5H3/i12D,13D,14D,15D,17D,18D,19D,20D,32D,33D,34D,35D,37D,38D,39D,40D,50D,52D. The van der Waals surface area contributed by atoms with Crippen LogP contribution in [0, 0.1) is 0 Å². The van der Waals surface area contributed by atoms with E-state index in [1.165, 1.54) is 20.9 Å². The van der Waals surface area contributed by atoms with Gasteiger partial charge in [-0.1, -0.05) is 264 Å². The maximum absolute atomic E-state index is 11.6. The number of benzene rings is 14. The Morgan fingerprint density at radius 1 is 0.402 bits per heavy atom. The molecule has 0 radical (unpaired) electrons. The van der Waals surface area contributed by atoms with Crippen LogP contribution >= 0.6 is 11.8 Å². The van der Waals surface area contributed by atoms with Crippen molar-refractivity contribution in [3.8, 4) is 78.5 Å². The Morgan fingerprint density at radius 2 is 0.887 bits per heavy atom. The van der Waals surface area contributed by atoms with Gasteiger partial charge in [-0.25, -0.2) is 0 Å². The quantitative estimate of drug-likeness (QED) is 0.142. The second-order valence-electron chi connectivity index (χ2n) is 26.6.